The number of thiophene rings is 1. The number of aliphatic hydroxyl groups excluding tert-OH is 1. The van der Waals surface area contributed by atoms with Crippen molar-refractivity contribution in [3.8, 4) is 0 Å². The van der Waals surface area contributed by atoms with Crippen LogP contribution in [-0.4, -0.2) is 24.3 Å². The molecule has 1 heterocycles. The van der Waals surface area contributed by atoms with Crippen molar-refractivity contribution < 1.29 is 5.11 Å². The first-order valence-electron chi connectivity index (χ1n) is 4.69. The van der Waals surface area contributed by atoms with Crippen LogP contribution in [0.4, 0.5) is 0 Å². The summed E-state index contributed by atoms with van der Waals surface area (Å²) in [7, 11) is 0. The number of hydrogen-bond acceptors (Lipinski definition) is 3. The minimum absolute atomic E-state index is 0.226. The molecule has 0 fully saturated rings. The third-order valence-corrected chi connectivity index (χ3v) is 2.94. The maximum atomic E-state index is 8.61. The molecular formula is C10H17NOS. The Morgan fingerprint density at radius 1 is 1.62 bits per heavy atom. The summed E-state index contributed by atoms with van der Waals surface area (Å²) < 4.78 is 0. The van der Waals surface area contributed by atoms with E-state index < -0.39 is 0 Å². The van der Waals surface area contributed by atoms with Gasteiger partial charge in [0.25, 0.3) is 0 Å². The Balaban J connectivity index is 2.11. The van der Waals surface area contributed by atoms with Gasteiger partial charge in [-0.05, 0) is 31.2 Å². The molecule has 0 saturated heterocycles. The normalized spacial score (nSPS) is 13.1. The zero-order valence-corrected chi connectivity index (χ0v) is 8.81. The van der Waals surface area contributed by atoms with Gasteiger partial charge in [-0.25, -0.2) is 0 Å². The first-order chi connectivity index (χ1) is 6.33. The van der Waals surface area contributed by atoms with E-state index in [9.17, 15) is 0 Å². The van der Waals surface area contributed by atoms with Crippen LogP contribution in [-0.2, 0) is 6.42 Å². The average molecular weight is 199 g/mol. The van der Waals surface area contributed by atoms with E-state index in [0.717, 1.165) is 12.8 Å². The Morgan fingerprint density at radius 3 is 3.08 bits per heavy atom. The molecule has 0 saturated carbocycles. The molecule has 0 radical (unpaired) electrons. The van der Waals surface area contributed by atoms with Crippen molar-refractivity contribution in [3.05, 3.63) is 22.4 Å². The molecule has 13 heavy (non-hydrogen) atoms. The zero-order valence-electron chi connectivity index (χ0n) is 7.99. The number of nitrogens with one attached hydrogen (secondary N) is 1. The molecular weight excluding hydrogens is 182 g/mol. The number of hydrogen-bond donors (Lipinski definition) is 2. The Morgan fingerprint density at radius 2 is 2.46 bits per heavy atom. The smallest absolute Gasteiger partial charge is 0.0556 e. The Hall–Kier alpha value is -0.380. The maximum Gasteiger partial charge on any atom is 0.0556 e. The summed E-state index contributed by atoms with van der Waals surface area (Å²) in [5.41, 5.74) is 0. The van der Waals surface area contributed by atoms with E-state index in [0.29, 0.717) is 12.6 Å². The van der Waals surface area contributed by atoms with Gasteiger partial charge in [0.05, 0.1) is 6.61 Å². The average Bonchev–Trinajstić information content (AvgIpc) is 2.64. The molecule has 0 spiro atoms. The molecule has 2 nitrogen and oxygen atoms in total. The van der Waals surface area contributed by atoms with Crippen molar-refractivity contribution in [1.82, 2.24) is 5.32 Å². The van der Waals surface area contributed by atoms with Gasteiger partial charge in [0.2, 0.25) is 0 Å². The van der Waals surface area contributed by atoms with Gasteiger partial charge in [0.15, 0.2) is 0 Å². The molecule has 1 atom stereocenters. The molecule has 0 aromatic carbocycles. The molecule has 0 aliphatic heterocycles. The number of aliphatic hydroxyl groups is 1. The summed E-state index contributed by atoms with van der Waals surface area (Å²) in [5, 5.41) is 14.0. The van der Waals surface area contributed by atoms with E-state index in [1.54, 1.807) is 0 Å². The molecule has 1 rings (SSSR count). The Labute approximate surface area is 83.6 Å². The summed E-state index contributed by atoms with van der Waals surface area (Å²) in [4.78, 5) is 1.44. The second-order valence-corrected chi connectivity index (χ2v) is 4.23. The Kier molecular flexibility index (Phi) is 5.05. The molecule has 1 unspecified atom stereocenters. The van der Waals surface area contributed by atoms with Crippen LogP contribution in [0, 0.1) is 0 Å². The van der Waals surface area contributed by atoms with Gasteiger partial charge in [0, 0.05) is 17.5 Å². The summed E-state index contributed by atoms with van der Waals surface area (Å²) >= 11 is 1.81. The highest BCUT2D eigenvalue weighted by molar-refractivity contribution is 7.09. The highest BCUT2D eigenvalue weighted by Crippen LogP contribution is 2.11. The van der Waals surface area contributed by atoms with Crippen LogP contribution in [0.1, 0.15) is 18.2 Å². The third-order valence-electron chi connectivity index (χ3n) is 2.01. The molecule has 0 bridgehead atoms. The maximum absolute atomic E-state index is 8.61. The third kappa shape index (κ3) is 4.41. The monoisotopic (exact) mass is 199 g/mol. The largest absolute Gasteiger partial charge is 0.395 e. The summed E-state index contributed by atoms with van der Waals surface area (Å²) in [6, 6.07) is 4.75. The van der Waals surface area contributed by atoms with Crippen LogP contribution in [0.3, 0.4) is 0 Å². The lowest BCUT2D eigenvalue weighted by Crippen LogP contribution is -2.29. The van der Waals surface area contributed by atoms with Gasteiger partial charge in [-0.15, -0.1) is 11.3 Å². The molecule has 1 aromatic heterocycles. The second-order valence-electron chi connectivity index (χ2n) is 3.20. The zero-order chi connectivity index (χ0) is 9.52. The first kappa shape index (κ1) is 10.7. The highest BCUT2D eigenvalue weighted by atomic mass is 32.1. The van der Waals surface area contributed by atoms with Gasteiger partial charge in [0.1, 0.15) is 0 Å². The van der Waals surface area contributed by atoms with E-state index in [-0.39, 0.29) is 6.61 Å². The van der Waals surface area contributed by atoms with Gasteiger partial charge < -0.3 is 10.4 Å². The van der Waals surface area contributed by atoms with Crippen molar-refractivity contribution in [2.24, 2.45) is 0 Å². The molecule has 1 aromatic rings. The molecule has 3 heteroatoms. The first-order valence-corrected chi connectivity index (χ1v) is 5.57. The Bertz CT molecular complexity index is 211. The van der Waals surface area contributed by atoms with Crippen LogP contribution in [0.2, 0.25) is 0 Å². The summed E-state index contributed by atoms with van der Waals surface area (Å²) in [5.74, 6) is 0. The molecule has 74 valence electrons. The van der Waals surface area contributed by atoms with Crippen molar-refractivity contribution in [2.75, 3.05) is 13.2 Å². The van der Waals surface area contributed by atoms with Crippen LogP contribution < -0.4 is 5.32 Å². The van der Waals surface area contributed by atoms with Gasteiger partial charge in [-0.3, -0.25) is 0 Å². The van der Waals surface area contributed by atoms with Crippen LogP contribution >= 0.6 is 11.3 Å². The van der Waals surface area contributed by atoms with Crippen molar-refractivity contribution in [2.45, 2.75) is 25.8 Å². The minimum Gasteiger partial charge on any atom is -0.395 e. The molecule has 0 aliphatic rings. The van der Waals surface area contributed by atoms with E-state index in [1.165, 1.54) is 4.88 Å². The quantitative estimate of drug-likeness (QED) is 0.730. The topological polar surface area (TPSA) is 32.3 Å². The second kappa shape index (κ2) is 6.13. The number of aryl methyl sites for hydroxylation is 1. The lowest BCUT2D eigenvalue weighted by Gasteiger charge is -2.11. The summed E-state index contributed by atoms with van der Waals surface area (Å²) in [6.45, 7) is 3.08. The summed E-state index contributed by atoms with van der Waals surface area (Å²) in [6.07, 6.45) is 2.28. The molecule has 0 aliphatic carbocycles. The predicted octanol–water partition coefficient (Wildman–Crippen LogP) is 1.65. The van der Waals surface area contributed by atoms with E-state index >= 15 is 0 Å². The van der Waals surface area contributed by atoms with E-state index in [2.05, 4.69) is 29.8 Å². The van der Waals surface area contributed by atoms with Gasteiger partial charge in [-0.2, -0.15) is 0 Å². The fourth-order valence-corrected chi connectivity index (χ4v) is 1.95. The molecule has 0 amide bonds. The predicted molar refractivity (Wildman–Crippen MR) is 57.2 cm³/mol. The fraction of sp³-hybridized carbons (Fsp3) is 0.600. The SMILES string of the molecule is CC(CCc1cccs1)NCCO. The molecule has 2 N–H and O–H groups in total. The van der Waals surface area contributed by atoms with E-state index in [1.807, 2.05) is 11.3 Å². The van der Waals surface area contributed by atoms with Crippen LogP contribution in [0.5, 0.6) is 0 Å². The lowest BCUT2D eigenvalue weighted by molar-refractivity contribution is 0.284. The van der Waals surface area contributed by atoms with Crippen molar-refractivity contribution >= 4 is 11.3 Å². The van der Waals surface area contributed by atoms with Gasteiger partial charge >= 0.3 is 0 Å². The van der Waals surface area contributed by atoms with E-state index in [4.69, 9.17) is 5.11 Å². The fourth-order valence-electron chi connectivity index (χ4n) is 1.23. The van der Waals surface area contributed by atoms with Crippen LogP contribution in [0.15, 0.2) is 17.5 Å². The van der Waals surface area contributed by atoms with Gasteiger partial charge in [-0.1, -0.05) is 6.07 Å². The number of rotatable bonds is 6. The van der Waals surface area contributed by atoms with Crippen LogP contribution in [0.25, 0.3) is 0 Å². The van der Waals surface area contributed by atoms with Crippen molar-refractivity contribution in [3.63, 3.8) is 0 Å². The highest BCUT2D eigenvalue weighted by Gasteiger charge is 2.01. The van der Waals surface area contributed by atoms with Crippen molar-refractivity contribution in [1.29, 1.82) is 0 Å². The standard InChI is InChI=1S/C10H17NOS/c1-9(11-6-7-12)4-5-10-3-2-8-13-10/h2-3,8-9,11-12H,4-7H2,1H3. The lowest BCUT2D eigenvalue weighted by atomic mass is 10.1. The minimum atomic E-state index is 0.226.